The molecule has 7 nitrogen and oxygen atoms in total. The summed E-state index contributed by atoms with van der Waals surface area (Å²) in [5.41, 5.74) is 5.28. The van der Waals surface area contributed by atoms with Gasteiger partial charge in [-0.3, -0.25) is 4.79 Å². The number of rotatable bonds is 8. The van der Waals surface area contributed by atoms with Crippen molar-refractivity contribution in [2.75, 3.05) is 34.3 Å². The summed E-state index contributed by atoms with van der Waals surface area (Å²) in [5.74, 6) is -0.485. The van der Waals surface area contributed by atoms with Crippen molar-refractivity contribution in [3.8, 4) is 5.75 Å². The maximum Gasteiger partial charge on any atom is 0.252 e. The first kappa shape index (κ1) is 17.4. The van der Waals surface area contributed by atoms with Gasteiger partial charge in [-0.15, -0.1) is 0 Å². The number of hydrogen-bond donors (Lipinski definition) is 2. The van der Waals surface area contributed by atoms with E-state index in [1.54, 1.807) is 7.05 Å². The third-order valence-electron chi connectivity index (χ3n) is 3.04. The zero-order chi connectivity index (χ0) is 16.0. The summed E-state index contributed by atoms with van der Waals surface area (Å²) in [6, 6.07) is 4.06. The van der Waals surface area contributed by atoms with Gasteiger partial charge in [0.25, 0.3) is 5.91 Å². The number of sulfonamides is 1. The zero-order valence-electron chi connectivity index (χ0n) is 12.4. The van der Waals surface area contributed by atoms with Gasteiger partial charge in [-0.1, -0.05) is 0 Å². The number of primary amides is 1. The van der Waals surface area contributed by atoms with Crippen molar-refractivity contribution in [3.05, 3.63) is 23.8 Å². The highest BCUT2D eigenvalue weighted by Crippen LogP contribution is 2.23. The maximum atomic E-state index is 12.4. The van der Waals surface area contributed by atoms with Gasteiger partial charge in [0.15, 0.2) is 0 Å². The van der Waals surface area contributed by atoms with Crippen molar-refractivity contribution in [1.29, 1.82) is 0 Å². The molecule has 118 valence electrons. The molecule has 0 atom stereocenters. The number of nitrogens with zero attached hydrogens (tertiary/aromatic N) is 1. The molecule has 0 fully saturated rings. The van der Waals surface area contributed by atoms with Crippen LogP contribution in [0, 0.1) is 0 Å². The highest BCUT2D eigenvalue weighted by molar-refractivity contribution is 7.89. The van der Waals surface area contributed by atoms with Crippen molar-refractivity contribution in [1.82, 2.24) is 9.62 Å². The largest absolute Gasteiger partial charge is 0.496 e. The van der Waals surface area contributed by atoms with E-state index in [-0.39, 0.29) is 16.2 Å². The normalized spacial score (nSPS) is 11.6. The highest BCUT2D eigenvalue weighted by Gasteiger charge is 2.22. The van der Waals surface area contributed by atoms with Crippen molar-refractivity contribution in [2.24, 2.45) is 5.73 Å². The number of nitrogens with one attached hydrogen (secondary N) is 1. The minimum Gasteiger partial charge on any atom is -0.496 e. The Morgan fingerprint density at radius 2 is 2.10 bits per heavy atom. The molecule has 0 saturated carbocycles. The standard InChI is InChI=1S/C13H21N3O4S/c1-15-7-4-8-16(2)21(18,19)10-5-6-12(20-3)11(9-10)13(14)17/h5-6,9,15H,4,7-8H2,1-3H3,(H2,14,17). The third kappa shape index (κ3) is 4.16. The van der Waals surface area contributed by atoms with Crippen LogP contribution in [0.25, 0.3) is 0 Å². The van der Waals surface area contributed by atoms with Gasteiger partial charge >= 0.3 is 0 Å². The summed E-state index contributed by atoms with van der Waals surface area (Å²) < 4.78 is 31.1. The Labute approximate surface area is 125 Å². The molecule has 0 spiro atoms. The van der Waals surface area contributed by atoms with Crippen LogP contribution >= 0.6 is 0 Å². The Morgan fingerprint density at radius 3 is 2.62 bits per heavy atom. The summed E-state index contributed by atoms with van der Waals surface area (Å²) in [6.45, 7) is 1.09. The SMILES string of the molecule is CNCCCN(C)S(=O)(=O)c1ccc(OC)c(C(N)=O)c1. The van der Waals surface area contributed by atoms with E-state index in [0.29, 0.717) is 13.0 Å². The molecule has 1 rings (SSSR count). The van der Waals surface area contributed by atoms with Crippen molar-refractivity contribution in [2.45, 2.75) is 11.3 Å². The molecule has 1 aromatic rings. The molecule has 21 heavy (non-hydrogen) atoms. The minimum atomic E-state index is -3.66. The lowest BCUT2D eigenvalue weighted by Gasteiger charge is -2.18. The van der Waals surface area contributed by atoms with Crippen LogP contribution < -0.4 is 15.8 Å². The summed E-state index contributed by atoms with van der Waals surface area (Å²) in [7, 11) is 1.03. The molecule has 0 aliphatic carbocycles. The number of ether oxygens (including phenoxy) is 1. The summed E-state index contributed by atoms with van der Waals surface area (Å²) in [6.07, 6.45) is 0.686. The van der Waals surface area contributed by atoms with E-state index in [2.05, 4.69) is 5.32 Å². The second kappa shape index (κ2) is 7.39. The van der Waals surface area contributed by atoms with Gasteiger partial charge in [0, 0.05) is 13.6 Å². The van der Waals surface area contributed by atoms with Crippen LogP contribution in [0.2, 0.25) is 0 Å². The van der Waals surface area contributed by atoms with Gasteiger partial charge in [-0.25, -0.2) is 12.7 Å². The molecule has 8 heteroatoms. The summed E-state index contributed by atoms with van der Waals surface area (Å²) in [4.78, 5) is 11.4. The molecule has 0 heterocycles. The van der Waals surface area contributed by atoms with E-state index in [1.165, 1.54) is 36.7 Å². The Bertz CT molecular complexity index is 601. The molecular weight excluding hydrogens is 294 g/mol. The van der Waals surface area contributed by atoms with Gasteiger partial charge in [0.05, 0.1) is 17.6 Å². The monoisotopic (exact) mass is 315 g/mol. The van der Waals surface area contributed by atoms with Gasteiger partial charge in [-0.05, 0) is 38.2 Å². The first-order valence-electron chi connectivity index (χ1n) is 6.43. The molecule has 1 amide bonds. The van der Waals surface area contributed by atoms with Crippen molar-refractivity contribution in [3.63, 3.8) is 0 Å². The zero-order valence-corrected chi connectivity index (χ0v) is 13.2. The number of carbonyl (C=O) groups excluding carboxylic acids is 1. The van der Waals surface area contributed by atoms with Crippen LogP contribution in [0.1, 0.15) is 16.8 Å². The topological polar surface area (TPSA) is 102 Å². The fraction of sp³-hybridized carbons (Fsp3) is 0.462. The average Bonchev–Trinajstić information content (AvgIpc) is 2.46. The quantitative estimate of drug-likeness (QED) is 0.659. The molecule has 1 aromatic carbocycles. The molecule has 0 aromatic heterocycles. The van der Waals surface area contributed by atoms with Crippen LogP contribution in [0.3, 0.4) is 0 Å². The van der Waals surface area contributed by atoms with E-state index < -0.39 is 15.9 Å². The molecule has 0 aliphatic heterocycles. The van der Waals surface area contributed by atoms with Gasteiger partial charge in [0.2, 0.25) is 10.0 Å². The predicted molar refractivity (Wildman–Crippen MR) is 79.9 cm³/mol. The fourth-order valence-corrected chi connectivity index (χ4v) is 3.05. The van der Waals surface area contributed by atoms with Crippen LogP contribution in [-0.4, -0.2) is 52.9 Å². The van der Waals surface area contributed by atoms with E-state index in [4.69, 9.17) is 10.5 Å². The van der Waals surface area contributed by atoms with Gasteiger partial charge < -0.3 is 15.8 Å². The molecule has 0 saturated heterocycles. The second-order valence-electron chi connectivity index (χ2n) is 4.51. The minimum absolute atomic E-state index is 0.0176. The molecule has 0 aliphatic rings. The Morgan fingerprint density at radius 1 is 1.43 bits per heavy atom. The van der Waals surface area contributed by atoms with Gasteiger partial charge in [0.1, 0.15) is 5.75 Å². The van der Waals surface area contributed by atoms with E-state index >= 15 is 0 Å². The van der Waals surface area contributed by atoms with Crippen molar-refractivity contribution < 1.29 is 17.9 Å². The van der Waals surface area contributed by atoms with E-state index in [9.17, 15) is 13.2 Å². The molecule has 0 unspecified atom stereocenters. The lowest BCUT2D eigenvalue weighted by molar-refractivity contribution is 0.0997. The summed E-state index contributed by atoms with van der Waals surface area (Å²) >= 11 is 0. The second-order valence-corrected chi connectivity index (χ2v) is 6.55. The maximum absolute atomic E-state index is 12.4. The highest BCUT2D eigenvalue weighted by atomic mass is 32.2. The fourth-order valence-electron chi connectivity index (χ4n) is 1.82. The Kier molecular flexibility index (Phi) is 6.13. The van der Waals surface area contributed by atoms with Crippen LogP contribution in [0.4, 0.5) is 0 Å². The third-order valence-corrected chi connectivity index (χ3v) is 4.90. The first-order valence-corrected chi connectivity index (χ1v) is 7.87. The average molecular weight is 315 g/mol. The lowest BCUT2D eigenvalue weighted by Crippen LogP contribution is -2.29. The number of hydrogen-bond acceptors (Lipinski definition) is 5. The number of nitrogens with two attached hydrogens (primary N) is 1. The van der Waals surface area contributed by atoms with E-state index in [1.807, 2.05) is 0 Å². The van der Waals surface area contributed by atoms with E-state index in [0.717, 1.165) is 6.54 Å². The van der Waals surface area contributed by atoms with Crippen LogP contribution in [-0.2, 0) is 10.0 Å². The first-order chi connectivity index (χ1) is 9.84. The van der Waals surface area contributed by atoms with Crippen molar-refractivity contribution >= 4 is 15.9 Å². The molecule has 0 bridgehead atoms. The number of carbonyl (C=O) groups is 1. The Hall–Kier alpha value is -1.64. The number of methoxy groups -OCH3 is 1. The smallest absolute Gasteiger partial charge is 0.252 e. The summed E-state index contributed by atoms with van der Waals surface area (Å²) in [5, 5.41) is 2.95. The molecule has 3 N–H and O–H groups in total. The molecular formula is C13H21N3O4S. The predicted octanol–water partition coefficient (Wildman–Crippen LogP) is 0.0241. The van der Waals surface area contributed by atoms with Gasteiger partial charge in [-0.2, -0.15) is 0 Å². The number of amides is 1. The van der Waals surface area contributed by atoms with Crippen LogP contribution in [0.15, 0.2) is 23.1 Å². The molecule has 0 radical (unpaired) electrons. The number of benzene rings is 1. The lowest BCUT2D eigenvalue weighted by atomic mass is 10.2. The van der Waals surface area contributed by atoms with Crippen LogP contribution in [0.5, 0.6) is 5.75 Å². The Balaban J connectivity index is 3.08.